The number of carbonyl (C=O) groups is 2. The van der Waals surface area contributed by atoms with Crippen LogP contribution in [0.25, 0.3) is 0 Å². The van der Waals surface area contributed by atoms with Gasteiger partial charge in [0.15, 0.2) is 5.16 Å². The topological polar surface area (TPSA) is 86.1 Å². The van der Waals surface area contributed by atoms with Gasteiger partial charge in [-0.25, -0.2) is 4.79 Å². The van der Waals surface area contributed by atoms with Gasteiger partial charge >= 0.3 is 5.97 Å². The minimum absolute atomic E-state index is 0.158. The lowest BCUT2D eigenvalue weighted by atomic mass is 9.87. The van der Waals surface area contributed by atoms with Crippen molar-refractivity contribution in [1.82, 2.24) is 14.8 Å². The lowest BCUT2D eigenvalue weighted by Gasteiger charge is -2.21. The molecule has 2 aliphatic carbocycles. The van der Waals surface area contributed by atoms with E-state index in [2.05, 4.69) is 33.6 Å². The molecule has 1 saturated carbocycles. The lowest BCUT2D eigenvalue weighted by Crippen LogP contribution is -2.18. The predicted octanol–water partition coefficient (Wildman–Crippen LogP) is 5.68. The van der Waals surface area contributed by atoms with E-state index in [1.807, 2.05) is 6.08 Å². The Hall–Kier alpha value is -2.13. The van der Waals surface area contributed by atoms with E-state index in [1.165, 1.54) is 60.1 Å². The Kier molecular flexibility index (Phi) is 9.05. The minimum atomic E-state index is -0.347. The number of hydrogen-bond acceptors (Lipinski definition) is 7. The maximum absolute atomic E-state index is 12.9. The van der Waals surface area contributed by atoms with Crippen molar-refractivity contribution >= 4 is 40.0 Å². The number of nitrogens with zero attached hydrogens (tertiary/aromatic N) is 3. The molecule has 35 heavy (non-hydrogen) atoms. The summed E-state index contributed by atoms with van der Waals surface area (Å²) in [6, 6.07) is 0. The molecule has 2 aromatic rings. The Balaban J connectivity index is 1.44. The first kappa shape index (κ1) is 25.9. The van der Waals surface area contributed by atoms with E-state index >= 15 is 0 Å². The van der Waals surface area contributed by atoms with Gasteiger partial charge in [-0.3, -0.25) is 4.79 Å². The molecular weight excluding hydrogens is 480 g/mol. The van der Waals surface area contributed by atoms with Crippen molar-refractivity contribution < 1.29 is 14.3 Å². The number of nitrogens with one attached hydrogen (secondary N) is 1. The molecule has 4 rings (SSSR count). The average molecular weight is 517 g/mol. The number of thioether (sulfide) groups is 1. The van der Waals surface area contributed by atoms with Crippen molar-refractivity contribution in [2.45, 2.75) is 83.3 Å². The van der Waals surface area contributed by atoms with E-state index in [0.29, 0.717) is 35.6 Å². The van der Waals surface area contributed by atoms with E-state index in [0.717, 1.165) is 42.2 Å². The van der Waals surface area contributed by atoms with Crippen LogP contribution in [0.1, 0.15) is 79.0 Å². The quantitative estimate of drug-likeness (QED) is 0.248. The van der Waals surface area contributed by atoms with Crippen LogP contribution < -0.4 is 5.32 Å². The molecule has 1 fully saturated rings. The number of anilines is 1. The molecule has 0 aliphatic heterocycles. The number of aromatic nitrogens is 3. The Morgan fingerprint density at radius 2 is 2.06 bits per heavy atom. The smallest absolute Gasteiger partial charge is 0.341 e. The fourth-order valence-electron chi connectivity index (χ4n) is 5.09. The molecule has 1 amide bonds. The Bertz CT molecular complexity index is 1060. The van der Waals surface area contributed by atoms with E-state index in [4.69, 9.17) is 4.74 Å². The average Bonchev–Trinajstić information content (AvgIpc) is 3.38. The molecule has 0 spiro atoms. The van der Waals surface area contributed by atoms with Crippen molar-refractivity contribution in [3.8, 4) is 0 Å². The van der Waals surface area contributed by atoms with E-state index < -0.39 is 0 Å². The van der Waals surface area contributed by atoms with Crippen LogP contribution in [0.15, 0.2) is 17.8 Å². The highest BCUT2D eigenvalue weighted by molar-refractivity contribution is 7.99. The number of allylic oxidation sites excluding steroid dienone is 1. The van der Waals surface area contributed by atoms with E-state index in [9.17, 15) is 9.59 Å². The third kappa shape index (κ3) is 6.36. The summed E-state index contributed by atoms with van der Waals surface area (Å²) in [5.41, 5.74) is 1.59. The maximum atomic E-state index is 12.9. The molecule has 0 aromatic carbocycles. The van der Waals surface area contributed by atoms with Crippen LogP contribution in [0.3, 0.4) is 0 Å². The highest BCUT2D eigenvalue weighted by Crippen LogP contribution is 2.40. The molecular formula is C26H36N4O3S2. The Morgan fingerprint density at radius 1 is 1.26 bits per heavy atom. The summed E-state index contributed by atoms with van der Waals surface area (Å²) < 4.78 is 7.40. The number of ether oxygens (including phenoxy) is 1. The standard InChI is InChI=1S/C26H36N4O3S2/c1-4-13-30-21(15-18-9-7-6-8-10-18)28-29-26(30)34-16-22(31)27-24-23(25(32)33-5-2)19-12-11-17(3)14-20(19)35-24/h4,17-18H,1,5-16H2,2-3H3,(H,27,31). The van der Waals surface area contributed by atoms with Crippen molar-refractivity contribution in [2.75, 3.05) is 17.7 Å². The summed E-state index contributed by atoms with van der Waals surface area (Å²) in [7, 11) is 0. The third-order valence-electron chi connectivity index (χ3n) is 6.88. The second-order valence-electron chi connectivity index (χ2n) is 9.62. The first-order valence-electron chi connectivity index (χ1n) is 12.8. The summed E-state index contributed by atoms with van der Waals surface area (Å²) in [6.07, 6.45) is 12.0. The first-order valence-corrected chi connectivity index (χ1v) is 14.6. The van der Waals surface area contributed by atoms with Crippen molar-refractivity contribution in [1.29, 1.82) is 0 Å². The van der Waals surface area contributed by atoms with Crippen LogP contribution in [0.2, 0.25) is 0 Å². The monoisotopic (exact) mass is 516 g/mol. The fourth-order valence-corrected chi connectivity index (χ4v) is 7.27. The van der Waals surface area contributed by atoms with E-state index in [-0.39, 0.29) is 17.6 Å². The highest BCUT2D eigenvalue weighted by Gasteiger charge is 2.29. The highest BCUT2D eigenvalue weighted by atomic mass is 32.2. The molecule has 0 saturated heterocycles. The zero-order chi connectivity index (χ0) is 24.8. The number of esters is 1. The molecule has 0 radical (unpaired) electrons. The van der Waals surface area contributed by atoms with Gasteiger partial charge in [0.2, 0.25) is 5.91 Å². The summed E-state index contributed by atoms with van der Waals surface area (Å²) in [6.45, 7) is 8.85. The molecule has 2 aromatic heterocycles. The second kappa shape index (κ2) is 12.2. The zero-order valence-corrected chi connectivity index (χ0v) is 22.4. The molecule has 2 aliphatic rings. The van der Waals surface area contributed by atoms with Crippen LogP contribution in [-0.2, 0) is 35.3 Å². The molecule has 0 bridgehead atoms. The number of carbonyl (C=O) groups excluding carboxylic acids is 2. The number of amides is 1. The van der Waals surface area contributed by atoms with Crippen LogP contribution in [0, 0.1) is 11.8 Å². The first-order chi connectivity index (χ1) is 17.0. The van der Waals surface area contributed by atoms with Gasteiger partial charge in [0.25, 0.3) is 0 Å². The Morgan fingerprint density at radius 3 is 2.80 bits per heavy atom. The van der Waals surface area contributed by atoms with Gasteiger partial charge in [0.1, 0.15) is 10.8 Å². The van der Waals surface area contributed by atoms with Crippen LogP contribution in [0.4, 0.5) is 5.00 Å². The fraction of sp³-hybridized carbons (Fsp3) is 0.615. The maximum Gasteiger partial charge on any atom is 0.341 e. The largest absolute Gasteiger partial charge is 0.462 e. The van der Waals surface area contributed by atoms with Crippen LogP contribution in [0.5, 0.6) is 0 Å². The third-order valence-corrected chi connectivity index (χ3v) is 9.01. The normalized spacial score (nSPS) is 18.2. The summed E-state index contributed by atoms with van der Waals surface area (Å²) in [5, 5.41) is 13.2. The molecule has 2 heterocycles. The zero-order valence-electron chi connectivity index (χ0n) is 20.8. The van der Waals surface area contributed by atoms with Gasteiger partial charge in [0, 0.05) is 17.8 Å². The molecule has 1 atom stereocenters. The summed E-state index contributed by atoms with van der Waals surface area (Å²) >= 11 is 2.89. The number of rotatable bonds is 10. The Labute approximate surface area is 216 Å². The van der Waals surface area contributed by atoms with Crippen LogP contribution in [-0.4, -0.2) is 39.0 Å². The summed E-state index contributed by atoms with van der Waals surface area (Å²) in [5.74, 6) is 1.90. The van der Waals surface area contributed by atoms with Gasteiger partial charge in [0.05, 0.1) is 17.9 Å². The predicted molar refractivity (Wildman–Crippen MR) is 141 cm³/mol. The van der Waals surface area contributed by atoms with Crippen molar-refractivity contribution in [2.24, 2.45) is 11.8 Å². The SMILES string of the molecule is C=CCn1c(CC2CCCCC2)nnc1SCC(=O)Nc1sc2c(c1C(=O)OCC)CCC(C)C2. The van der Waals surface area contributed by atoms with Gasteiger partial charge in [-0.1, -0.05) is 56.9 Å². The number of fused-ring (bicyclic) bond motifs is 1. The minimum Gasteiger partial charge on any atom is -0.462 e. The molecule has 1 unspecified atom stereocenters. The van der Waals surface area contributed by atoms with Gasteiger partial charge < -0.3 is 14.6 Å². The molecule has 9 heteroatoms. The lowest BCUT2D eigenvalue weighted by molar-refractivity contribution is -0.113. The van der Waals surface area contributed by atoms with E-state index in [1.54, 1.807) is 6.92 Å². The second-order valence-corrected chi connectivity index (χ2v) is 11.7. The molecule has 1 N–H and O–H groups in total. The summed E-state index contributed by atoms with van der Waals surface area (Å²) in [4.78, 5) is 26.8. The van der Waals surface area contributed by atoms with Crippen LogP contribution >= 0.6 is 23.1 Å². The molecule has 190 valence electrons. The van der Waals surface area contributed by atoms with Gasteiger partial charge in [-0.2, -0.15) is 0 Å². The molecule has 7 nitrogen and oxygen atoms in total. The number of hydrogen-bond donors (Lipinski definition) is 1. The van der Waals surface area contributed by atoms with Crippen molar-refractivity contribution in [3.63, 3.8) is 0 Å². The number of thiophene rings is 1. The van der Waals surface area contributed by atoms with Crippen molar-refractivity contribution in [3.05, 3.63) is 34.5 Å². The van der Waals surface area contributed by atoms with Gasteiger partial charge in [-0.05, 0) is 43.6 Å². The van der Waals surface area contributed by atoms with Gasteiger partial charge in [-0.15, -0.1) is 28.1 Å².